The third kappa shape index (κ3) is 15.1. The molecule has 10 N–H and O–H groups in total. The van der Waals surface area contributed by atoms with Crippen LogP contribution in [0.15, 0.2) is 46.6 Å². The van der Waals surface area contributed by atoms with E-state index in [1.165, 1.54) is 13.0 Å². The number of carbonyl (C=O) groups is 1. The second-order valence-electron chi connectivity index (χ2n) is 15.4. The fourth-order valence-corrected chi connectivity index (χ4v) is 6.71. The van der Waals surface area contributed by atoms with E-state index in [-0.39, 0.29) is 17.4 Å². The summed E-state index contributed by atoms with van der Waals surface area (Å²) in [6, 6.07) is 0. The Morgan fingerprint density at radius 1 is 0.722 bits per heavy atom. The highest BCUT2D eigenvalue weighted by molar-refractivity contribution is 5.87. The third-order valence-electron chi connectivity index (χ3n) is 10.3. The maximum absolute atomic E-state index is 12.5. The zero-order valence-electron chi connectivity index (χ0n) is 33.7. The van der Waals surface area contributed by atoms with Crippen molar-refractivity contribution in [1.82, 2.24) is 0 Å². The van der Waals surface area contributed by atoms with E-state index in [4.69, 9.17) is 19.3 Å². The minimum absolute atomic E-state index is 0.138. The first kappa shape index (κ1) is 50.0. The lowest BCUT2D eigenvalue weighted by Crippen LogP contribution is -2.60. The summed E-state index contributed by atoms with van der Waals surface area (Å²) in [5.74, 6) is -1.49. The summed E-state index contributed by atoms with van der Waals surface area (Å²) in [4.78, 5) is 12.5. The summed E-state index contributed by atoms with van der Waals surface area (Å²) in [7, 11) is 0. The Labute approximate surface area is 321 Å². The first-order valence-corrected chi connectivity index (χ1v) is 19.0. The van der Waals surface area contributed by atoms with E-state index in [0.29, 0.717) is 17.1 Å². The van der Waals surface area contributed by atoms with Gasteiger partial charge < -0.3 is 65.3 Å². The van der Waals surface area contributed by atoms with Crippen LogP contribution in [0.25, 0.3) is 0 Å². The van der Waals surface area contributed by atoms with Crippen molar-refractivity contribution in [3.63, 3.8) is 0 Å². The van der Waals surface area contributed by atoms with Gasteiger partial charge in [-0.25, -0.2) is 4.79 Å². The highest BCUT2D eigenvalue weighted by Crippen LogP contribution is 2.30. The predicted octanol–water partition coefficient (Wildman–Crippen LogP) is 1.28. The van der Waals surface area contributed by atoms with Crippen molar-refractivity contribution < 1.29 is 70.1 Å². The van der Waals surface area contributed by atoms with E-state index in [1.54, 1.807) is 33.8 Å². The van der Waals surface area contributed by atoms with Gasteiger partial charge in [-0.3, -0.25) is 0 Å². The molecule has 1 saturated heterocycles. The zero-order chi connectivity index (χ0) is 41.6. The SMILES string of the molecule is CC[C@H](C)C[C@@H](C)C=C(C)[C@H](O[C@@H]1O[C@H](CO)[C@@H](O)[C@H](O)[C@@H]1O)[C@@H](C)C=C(C)[C@H](O)[C@@H](C)C=C(C)[C@H](O)[C@@H](C)C=C(C)C(=O)OC[C@@H](O)[C@@H](O)[C@H](O)CO. The van der Waals surface area contributed by atoms with Crippen LogP contribution in [-0.4, -0.2) is 144 Å². The summed E-state index contributed by atoms with van der Waals surface area (Å²) in [6.45, 7) is 16.7. The molecule has 0 aromatic rings. The summed E-state index contributed by atoms with van der Waals surface area (Å²) >= 11 is 0. The molecule has 0 unspecified atom stereocenters. The van der Waals surface area contributed by atoms with Crippen LogP contribution in [0.5, 0.6) is 0 Å². The monoisotopic (exact) mass is 774 g/mol. The fourth-order valence-electron chi connectivity index (χ4n) is 6.71. The van der Waals surface area contributed by atoms with Crippen molar-refractivity contribution >= 4 is 5.97 Å². The van der Waals surface area contributed by atoms with Crippen molar-refractivity contribution in [2.75, 3.05) is 19.8 Å². The Kier molecular flexibility index (Phi) is 22.1. The highest BCUT2D eigenvalue weighted by Gasteiger charge is 2.45. The lowest BCUT2D eigenvalue weighted by molar-refractivity contribution is -0.310. The van der Waals surface area contributed by atoms with Crippen LogP contribution in [0.2, 0.25) is 0 Å². The molecule has 1 rings (SSSR count). The van der Waals surface area contributed by atoms with Crippen LogP contribution in [-0.2, 0) is 19.0 Å². The average molecular weight is 775 g/mol. The molecular formula is C40H70O14. The van der Waals surface area contributed by atoms with E-state index in [9.17, 15) is 50.8 Å². The van der Waals surface area contributed by atoms with Crippen LogP contribution in [0, 0.1) is 29.6 Å². The lowest BCUT2D eigenvalue weighted by atomic mass is 9.87. The molecule has 0 spiro atoms. The Morgan fingerprint density at radius 2 is 1.26 bits per heavy atom. The molecule has 0 aromatic carbocycles. The minimum atomic E-state index is -1.71. The van der Waals surface area contributed by atoms with Gasteiger partial charge in [0, 0.05) is 23.3 Å². The molecule has 54 heavy (non-hydrogen) atoms. The third-order valence-corrected chi connectivity index (χ3v) is 10.3. The summed E-state index contributed by atoms with van der Waals surface area (Å²) in [5.41, 5.74) is 2.14. The van der Waals surface area contributed by atoms with Gasteiger partial charge in [0.2, 0.25) is 0 Å². The number of hydrogen-bond donors (Lipinski definition) is 10. The van der Waals surface area contributed by atoms with E-state index in [1.807, 2.05) is 19.9 Å². The van der Waals surface area contributed by atoms with Gasteiger partial charge in [0.25, 0.3) is 0 Å². The topological polar surface area (TPSA) is 247 Å². The van der Waals surface area contributed by atoms with Gasteiger partial charge in [0.05, 0.1) is 31.5 Å². The first-order valence-electron chi connectivity index (χ1n) is 19.0. The number of aliphatic hydroxyl groups excluding tert-OH is 10. The van der Waals surface area contributed by atoms with Gasteiger partial charge in [-0.2, -0.15) is 0 Å². The standard InChI is InChI=1S/C40H70O14/c1-11-20(2)12-21(3)13-26(8)38(54-40-37(50)36(49)35(48)31(18-42)53-40)27(9)15-24(6)32(45)22(4)14-23(5)33(46)25(7)16-28(10)39(51)52-19-30(44)34(47)29(43)17-41/h13-16,20-22,25,27,29-38,40-50H,11-12,17-19H2,1-10H3/t20-,21+,22-,25-,27-,29+,30+,31+,32+,33-,34-,35+,36-,37-,38-,40-/m0/s1. The number of rotatable bonds is 22. The summed E-state index contributed by atoms with van der Waals surface area (Å²) in [5, 5.41) is 102. The molecule has 16 atom stereocenters. The Balaban J connectivity index is 3.18. The van der Waals surface area contributed by atoms with Crippen LogP contribution >= 0.6 is 0 Å². The van der Waals surface area contributed by atoms with Gasteiger partial charge in [0.15, 0.2) is 6.29 Å². The Hall–Kier alpha value is -2.05. The van der Waals surface area contributed by atoms with Gasteiger partial charge in [-0.1, -0.05) is 72.3 Å². The lowest BCUT2D eigenvalue weighted by Gasteiger charge is -2.41. The molecule has 0 saturated carbocycles. The molecule has 1 aliphatic heterocycles. The second-order valence-corrected chi connectivity index (χ2v) is 15.4. The Morgan fingerprint density at radius 3 is 1.78 bits per heavy atom. The number of aliphatic hydroxyl groups is 10. The molecule has 314 valence electrons. The molecule has 0 amide bonds. The Bertz CT molecular complexity index is 1250. The van der Waals surface area contributed by atoms with E-state index < -0.39 is 105 Å². The molecule has 0 aromatic heterocycles. The summed E-state index contributed by atoms with van der Waals surface area (Å²) in [6.07, 6.45) is -5.61. The van der Waals surface area contributed by atoms with E-state index in [0.717, 1.165) is 18.4 Å². The van der Waals surface area contributed by atoms with Crippen molar-refractivity contribution in [1.29, 1.82) is 0 Å². The van der Waals surface area contributed by atoms with Gasteiger partial charge >= 0.3 is 5.97 Å². The molecule has 1 heterocycles. The molecule has 1 aliphatic rings. The smallest absolute Gasteiger partial charge is 0.333 e. The second kappa shape index (κ2) is 23.9. The number of allylic oxidation sites excluding steroid dienone is 1. The normalized spacial score (nSPS) is 28.3. The molecule has 0 bridgehead atoms. The average Bonchev–Trinajstić information content (AvgIpc) is 3.13. The maximum Gasteiger partial charge on any atom is 0.333 e. The highest BCUT2D eigenvalue weighted by atomic mass is 16.7. The van der Waals surface area contributed by atoms with Crippen LogP contribution in [0.4, 0.5) is 0 Å². The number of esters is 1. The maximum atomic E-state index is 12.5. The predicted molar refractivity (Wildman–Crippen MR) is 202 cm³/mol. The quantitative estimate of drug-likeness (QED) is 0.0423. The van der Waals surface area contributed by atoms with Crippen molar-refractivity contribution in [2.45, 2.75) is 149 Å². The largest absolute Gasteiger partial charge is 0.459 e. The molecule has 14 heteroatoms. The van der Waals surface area contributed by atoms with E-state index >= 15 is 0 Å². The first-order chi connectivity index (χ1) is 25.1. The number of hydrogen-bond acceptors (Lipinski definition) is 14. The molecular weight excluding hydrogens is 704 g/mol. The minimum Gasteiger partial charge on any atom is -0.459 e. The van der Waals surface area contributed by atoms with Gasteiger partial charge in [0.1, 0.15) is 49.3 Å². The van der Waals surface area contributed by atoms with Crippen molar-refractivity contribution in [3.05, 3.63) is 46.6 Å². The summed E-state index contributed by atoms with van der Waals surface area (Å²) < 4.78 is 17.0. The zero-order valence-corrected chi connectivity index (χ0v) is 33.7. The van der Waals surface area contributed by atoms with Crippen LogP contribution < -0.4 is 0 Å². The van der Waals surface area contributed by atoms with Crippen molar-refractivity contribution in [2.24, 2.45) is 29.6 Å². The van der Waals surface area contributed by atoms with E-state index in [2.05, 4.69) is 26.8 Å². The van der Waals surface area contributed by atoms with Crippen LogP contribution in [0.1, 0.15) is 82.1 Å². The van der Waals surface area contributed by atoms with Gasteiger partial charge in [-0.15, -0.1) is 0 Å². The molecule has 0 radical (unpaired) electrons. The van der Waals surface area contributed by atoms with Gasteiger partial charge in [-0.05, 0) is 62.7 Å². The fraction of sp³-hybridized carbons (Fsp3) is 0.775. The molecule has 0 aliphatic carbocycles. The molecule has 1 fully saturated rings. The molecule has 14 nitrogen and oxygen atoms in total. The van der Waals surface area contributed by atoms with Crippen molar-refractivity contribution in [3.8, 4) is 0 Å². The number of carbonyl (C=O) groups excluding carboxylic acids is 1. The number of ether oxygens (including phenoxy) is 3. The van der Waals surface area contributed by atoms with Crippen LogP contribution in [0.3, 0.4) is 0 Å².